The topological polar surface area (TPSA) is 23.6 Å². The molecule has 1 aliphatic rings. The second kappa shape index (κ2) is 8.40. The zero-order chi connectivity index (χ0) is 20.4. The van der Waals surface area contributed by atoms with Crippen molar-refractivity contribution < 1.29 is 4.79 Å². The van der Waals surface area contributed by atoms with E-state index in [2.05, 4.69) is 55.4 Å². The summed E-state index contributed by atoms with van der Waals surface area (Å²) in [6.07, 6.45) is 1.01. The molecule has 1 heterocycles. The molecule has 1 fully saturated rings. The van der Waals surface area contributed by atoms with Crippen molar-refractivity contribution in [1.82, 2.24) is 9.80 Å². The first-order valence-corrected chi connectivity index (χ1v) is 10.3. The predicted octanol–water partition coefficient (Wildman–Crippen LogP) is 5.45. The van der Waals surface area contributed by atoms with Gasteiger partial charge in [0.15, 0.2) is 0 Å². The van der Waals surface area contributed by atoms with Crippen molar-refractivity contribution in [2.24, 2.45) is 0 Å². The van der Waals surface area contributed by atoms with E-state index in [0.717, 1.165) is 36.2 Å². The first-order chi connectivity index (χ1) is 14.0. The summed E-state index contributed by atoms with van der Waals surface area (Å²) < 4.78 is 0. The fourth-order valence-electron chi connectivity index (χ4n) is 3.88. The number of halogens is 1. The molecule has 3 aromatic rings. The van der Waals surface area contributed by atoms with Crippen molar-refractivity contribution in [3.63, 3.8) is 0 Å². The first kappa shape index (κ1) is 19.7. The van der Waals surface area contributed by atoms with Crippen LogP contribution in [-0.4, -0.2) is 48.9 Å². The quantitative estimate of drug-likeness (QED) is 0.577. The maximum absolute atomic E-state index is 13.0. The minimum absolute atomic E-state index is 0.0770. The third-order valence-corrected chi connectivity index (χ3v) is 6.03. The molecule has 0 aromatic heterocycles. The number of likely N-dealkylation sites (tertiary alicyclic amines) is 1. The fraction of sp³-hybridized carbons (Fsp3) is 0.240. The van der Waals surface area contributed by atoms with Gasteiger partial charge in [-0.1, -0.05) is 66.2 Å². The SMILES string of the molecule is CN(C)[C@H]1CCN(C(=O)c2ccc(Cl)c(-c3ccc(-c4ccccc4)cc3)c2)C1. The van der Waals surface area contributed by atoms with Crippen LogP contribution in [-0.2, 0) is 0 Å². The Morgan fingerprint density at radius 2 is 1.59 bits per heavy atom. The van der Waals surface area contributed by atoms with Crippen LogP contribution >= 0.6 is 11.6 Å². The molecule has 0 radical (unpaired) electrons. The normalized spacial score (nSPS) is 16.4. The number of hydrogen-bond acceptors (Lipinski definition) is 2. The van der Waals surface area contributed by atoms with E-state index in [0.29, 0.717) is 16.6 Å². The highest BCUT2D eigenvalue weighted by Crippen LogP contribution is 2.31. The smallest absolute Gasteiger partial charge is 0.253 e. The van der Waals surface area contributed by atoms with Crippen LogP contribution in [0.2, 0.25) is 5.02 Å². The average Bonchev–Trinajstić information content (AvgIpc) is 3.25. The monoisotopic (exact) mass is 404 g/mol. The van der Waals surface area contributed by atoms with Crippen LogP contribution in [0.4, 0.5) is 0 Å². The van der Waals surface area contributed by atoms with E-state index in [-0.39, 0.29) is 5.91 Å². The lowest BCUT2D eigenvalue weighted by molar-refractivity contribution is 0.0783. The summed E-state index contributed by atoms with van der Waals surface area (Å²) in [4.78, 5) is 17.1. The lowest BCUT2D eigenvalue weighted by Crippen LogP contribution is -2.34. The molecule has 148 valence electrons. The number of likely N-dealkylation sites (N-methyl/N-ethyl adjacent to an activating group) is 1. The van der Waals surface area contributed by atoms with Gasteiger partial charge >= 0.3 is 0 Å². The molecule has 4 rings (SSSR count). The predicted molar refractivity (Wildman–Crippen MR) is 120 cm³/mol. The molecule has 1 saturated heterocycles. The van der Waals surface area contributed by atoms with Crippen LogP contribution < -0.4 is 0 Å². The lowest BCUT2D eigenvalue weighted by Gasteiger charge is -2.20. The number of rotatable bonds is 4. The van der Waals surface area contributed by atoms with Crippen molar-refractivity contribution in [2.75, 3.05) is 27.2 Å². The van der Waals surface area contributed by atoms with Gasteiger partial charge in [0.1, 0.15) is 0 Å². The Balaban J connectivity index is 1.58. The summed E-state index contributed by atoms with van der Waals surface area (Å²) in [5.74, 6) is 0.0770. The zero-order valence-corrected chi connectivity index (χ0v) is 17.6. The van der Waals surface area contributed by atoms with Gasteiger partial charge in [-0.05, 0) is 55.4 Å². The average molecular weight is 405 g/mol. The molecule has 1 atom stereocenters. The minimum atomic E-state index is 0.0770. The molecule has 29 heavy (non-hydrogen) atoms. The Morgan fingerprint density at radius 1 is 0.931 bits per heavy atom. The van der Waals surface area contributed by atoms with Crippen LogP contribution in [0.5, 0.6) is 0 Å². The Bertz CT molecular complexity index is 999. The van der Waals surface area contributed by atoms with E-state index in [4.69, 9.17) is 11.6 Å². The summed E-state index contributed by atoms with van der Waals surface area (Å²) in [5.41, 5.74) is 4.93. The summed E-state index contributed by atoms with van der Waals surface area (Å²) in [6.45, 7) is 1.57. The first-order valence-electron chi connectivity index (χ1n) is 9.94. The number of hydrogen-bond donors (Lipinski definition) is 0. The van der Waals surface area contributed by atoms with Crippen LogP contribution in [0.3, 0.4) is 0 Å². The van der Waals surface area contributed by atoms with Crippen molar-refractivity contribution >= 4 is 17.5 Å². The van der Waals surface area contributed by atoms with Crippen molar-refractivity contribution in [2.45, 2.75) is 12.5 Å². The van der Waals surface area contributed by atoms with Gasteiger partial charge in [-0.2, -0.15) is 0 Å². The molecule has 1 aliphatic heterocycles. The molecule has 0 bridgehead atoms. The fourth-order valence-corrected chi connectivity index (χ4v) is 4.11. The molecule has 0 spiro atoms. The number of nitrogens with zero attached hydrogens (tertiary/aromatic N) is 2. The highest BCUT2D eigenvalue weighted by Gasteiger charge is 2.28. The molecule has 3 aromatic carbocycles. The molecule has 0 saturated carbocycles. The number of benzene rings is 3. The zero-order valence-electron chi connectivity index (χ0n) is 16.8. The molecular weight excluding hydrogens is 380 g/mol. The second-order valence-corrected chi connectivity index (χ2v) is 8.20. The highest BCUT2D eigenvalue weighted by molar-refractivity contribution is 6.33. The van der Waals surface area contributed by atoms with E-state index in [1.54, 1.807) is 0 Å². The molecule has 4 heteroatoms. The van der Waals surface area contributed by atoms with Gasteiger partial charge in [0.2, 0.25) is 0 Å². The van der Waals surface area contributed by atoms with E-state index in [1.807, 2.05) is 41.3 Å². The summed E-state index contributed by atoms with van der Waals surface area (Å²) in [7, 11) is 4.14. The van der Waals surface area contributed by atoms with Gasteiger partial charge in [0.05, 0.1) is 0 Å². The third-order valence-electron chi connectivity index (χ3n) is 5.70. The van der Waals surface area contributed by atoms with Crippen LogP contribution in [0.15, 0.2) is 72.8 Å². The molecule has 0 N–H and O–H groups in total. The number of carbonyl (C=O) groups excluding carboxylic acids is 1. The van der Waals surface area contributed by atoms with Crippen LogP contribution in [0.1, 0.15) is 16.8 Å². The van der Waals surface area contributed by atoms with Gasteiger partial charge in [0, 0.05) is 35.3 Å². The third kappa shape index (κ3) is 4.21. The van der Waals surface area contributed by atoms with E-state index in [9.17, 15) is 4.79 Å². The van der Waals surface area contributed by atoms with Gasteiger partial charge in [-0.15, -0.1) is 0 Å². The van der Waals surface area contributed by atoms with Crippen molar-refractivity contribution in [1.29, 1.82) is 0 Å². The van der Waals surface area contributed by atoms with Crippen LogP contribution in [0, 0.1) is 0 Å². The molecule has 0 aliphatic carbocycles. The highest BCUT2D eigenvalue weighted by atomic mass is 35.5. The number of carbonyl (C=O) groups is 1. The second-order valence-electron chi connectivity index (χ2n) is 7.80. The molecular formula is C25H25ClN2O. The minimum Gasteiger partial charge on any atom is -0.337 e. The summed E-state index contributed by atoms with van der Waals surface area (Å²) in [5, 5.41) is 0.654. The summed E-state index contributed by atoms with van der Waals surface area (Å²) in [6, 6.07) is 24.6. The van der Waals surface area contributed by atoms with E-state index < -0.39 is 0 Å². The Labute approximate surface area is 177 Å². The Kier molecular flexibility index (Phi) is 5.70. The molecule has 1 amide bonds. The van der Waals surface area contributed by atoms with E-state index in [1.165, 1.54) is 5.56 Å². The van der Waals surface area contributed by atoms with Crippen molar-refractivity contribution in [3.8, 4) is 22.3 Å². The lowest BCUT2D eigenvalue weighted by atomic mass is 9.99. The van der Waals surface area contributed by atoms with Gasteiger partial charge in [-0.3, -0.25) is 4.79 Å². The number of amides is 1. The summed E-state index contributed by atoms with van der Waals surface area (Å²) >= 11 is 6.49. The Hall–Kier alpha value is -2.62. The largest absolute Gasteiger partial charge is 0.337 e. The standard InChI is InChI=1S/C25H25ClN2O/c1-27(2)22-14-15-28(17-22)25(29)21-12-13-24(26)23(16-21)20-10-8-19(9-11-20)18-6-4-3-5-7-18/h3-13,16,22H,14-15,17H2,1-2H3/t22-/m0/s1. The van der Waals surface area contributed by atoms with Gasteiger partial charge in [-0.25, -0.2) is 0 Å². The molecule has 0 unspecified atom stereocenters. The van der Waals surface area contributed by atoms with E-state index >= 15 is 0 Å². The Morgan fingerprint density at radius 3 is 2.24 bits per heavy atom. The maximum Gasteiger partial charge on any atom is 0.253 e. The molecule has 3 nitrogen and oxygen atoms in total. The van der Waals surface area contributed by atoms with Crippen LogP contribution in [0.25, 0.3) is 22.3 Å². The van der Waals surface area contributed by atoms with Gasteiger partial charge in [0.25, 0.3) is 5.91 Å². The van der Waals surface area contributed by atoms with Crippen molar-refractivity contribution in [3.05, 3.63) is 83.4 Å². The van der Waals surface area contributed by atoms with Gasteiger partial charge < -0.3 is 9.80 Å². The maximum atomic E-state index is 13.0.